The third-order valence-electron chi connectivity index (χ3n) is 10.4. The number of nitrogens with zero attached hydrogens (tertiary/aromatic N) is 4. The summed E-state index contributed by atoms with van der Waals surface area (Å²) < 4.78 is 11.2. The highest BCUT2D eigenvalue weighted by molar-refractivity contribution is 8.00. The number of carbonyl (C=O) groups excluding carboxylic acids is 4. The zero-order chi connectivity index (χ0) is 45.2. The van der Waals surface area contributed by atoms with E-state index in [0.717, 1.165) is 39.3 Å². The first-order chi connectivity index (χ1) is 31.0. The summed E-state index contributed by atoms with van der Waals surface area (Å²) in [5.41, 5.74) is 9.24. The summed E-state index contributed by atoms with van der Waals surface area (Å²) in [6.45, 7) is 7.42. The predicted molar refractivity (Wildman–Crippen MR) is 249 cm³/mol. The Bertz CT molecular complexity index is 2510. The number of hydrogen-bond donors (Lipinski definition) is 2. The fraction of sp³-hybridized carbons (Fsp3) is 0.245. The number of aryl methyl sites for hydroxylation is 1. The van der Waals surface area contributed by atoms with Crippen molar-refractivity contribution in [1.82, 2.24) is 20.2 Å². The van der Waals surface area contributed by atoms with Gasteiger partial charge in [-0.15, -0.1) is 23.1 Å². The largest absolute Gasteiger partial charge is 0.462 e. The van der Waals surface area contributed by atoms with Gasteiger partial charge in [0.25, 0.3) is 11.8 Å². The number of anilines is 1. The molecule has 2 amide bonds. The van der Waals surface area contributed by atoms with Crippen molar-refractivity contribution in [2.75, 3.05) is 24.7 Å². The molecular formula is C49H48N6O7S2. The molecule has 3 N–H and O–H groups in total. The number of hydrogen-bond acceptors (Lipinski definition) is 13. The zero-order valence-electron chi connectivity index (χ0n) is 35.8. The number of fused-ring (bicyclic) bond motifs is 1. The maximum atomic E-state index is 14.5. The number of rotatable bonds is 17. The molecule has 2 aliphatic rings. The number of benzene rings is 3. The van der Waals surface area contributed by atoms with Gasteiger partial charge in [-0.3, -0.25) is 19.5 Å². The van der Waals surface area contributed by atoms with Crippen LogP contribution in [-0.2, 0) is 39.1 Å². The summed E-state index contributed by atoms with van der Waals surface area (Å²) in [4.78, 5) is 72.6. The Morgan fingerprint density at radius 2 is 1.58 bits per heavy atom. The van der Waals surface area contributed by atoms with Crippen molar-refractivity contribution in [3.8, 4) is 0 Å². The molecule has 7 rings (SSSR count). The van der Waals surface area contributed by atoms with Gasteiger partial charge in [-0.2, -0.15) is 0 Å². The lowest BCUT2D eigenvalue weighted by Gasteiger charge is -2.49. The van der Waals surface area contributed by atoms with Crippen LogP contribution in [0.2, 0.25) is 0 Å². The molecule has 328 valence electrons. The molecule has 0 unspecified atom stereocenters. The number of allylic oxidation sites excluding steroid dienone is 2. The molecule has 0 radical (unpaired) electrons. The lowest BCUT2D eigenvalue weighted by atomic mass is 9.80. The summed E-state index contributed by atoms with van der Waals surface area (Å²) in [5.74, 6) is -2.28. The summed E-state index contributed by atoms with van der Waals surface area (Å²) in [6.07, 6.45) is 7.43. The van der Waals surface area contributed by atoms with Crippen LogP contribution in [0, 0.1) is 12.8 Å². The highest BCUT2D eigenvalue weighted by Gasteiger charge is 2.54. The first kappa shape index (κ1) is 45.2. The molecule has 0 spiro atoms. The van der Waals surface area contributed by atoms with Crippen molar-refractivity contribution in [3.63, 3.8) is 0 Å². The fourth-order valence-corrected chi connectivity index (χ4v) is 9.09. The van der Waals surface area contributed by atoms with Gasteiger partial charge in [-0.1, -0.05) is 141 Å². The van der Waals surface area contributed by atoms with Gasteiger partial charge in [0.1, 0.15) is 29.4 Å². The third kappa shape index (κ3) is 9.85. The molecule has 2 aromatic heterocycles. The number of esters is 2. The Labute approximate surface area is 380 Å². The maximum Gasteiger partial charge on any atom is 0.355 e. The first-order valence-electron chi connectivity index (χ1n) is 20.8. The molecule has 13 nitrogen and oxygen atoms in total. The zero-order valence-corrected chi connectivity index (χ0v) is 37.4. The van der Waals surface area contributed by atoms with Crippen LogP contribution < -0.4 is 11.1 Å². The minimum absolute atomic E-state index is 0.00584. The molecule has 0 aliphatic carbocycles. The third-order valence-corrected chi connectivity index (χ3v) is 12.4. The molecule has 0 saturated carbocycles. The van der Waals surface area contributed by atoms with E-state index in [1.54, 1.807) is 23.7 Å². The fourth-order valence-electron chi connectivity index (χ4n) is 7.22. The van der Waals surface area contributed by atoms with Gasteiger partial charge in [0.15, 0.2) is 10.8 Å². The van der Waals surface area contributed by atoms with E-state index in [1.165, 1.54) is 16.7 Å². The first-order valence-corrected chi connectivity index (χ1v) is 22.7. The summed E-state index contributed by atoms with van der Waals surface area (Å²) in [6, 6.07) is 31.3. The Morgan fingerprint density at radius 3 is 2.14 bits per heavy atom. The van der Waals surface area contributed by atoms with Gasteiger partial charge >= 0.3 is 11.9 Å². The van der Waals surface area contributed by atoms with Crippen LogP contribution >= 0.6 is 23.1 Å². The second kappa shape index (κ2) is 20.6. The second-order valence-electron chi connectivity index (χ2n) is 15.3. The van der Waals surface area contributed by atoms with E-state index < -0.39 is 40.8 Å². The normalized spacial score (nSPS) is 16.6. The smallest absolute Gasteiger partial charge is 0.355 e. The standard InChI is InChI=1S/C49H48N6O7S2/c1-5-16-34(46(58)60-27-31(2)3)28-61-47(59)42-35(25-24-33-17-15-26-51-32(33)4)29-63-45-41(44(57)55(42)45)53-43(56)40(39-30-64-48(50)52-39)54-62-49(36-18-9-6-10-19-36,37-20-11-7-12-21-37)38-22-13-8-14-23-38/h6-26,30-31,41,45H,5,27-29H2,1-4H3,(H2,50,52)(H,53,56)/b25-24-,34-16+,54-40+/t41-,45-/m1/s1. The molecule has 64 heavy (non-hydrogen) atoms. The number of nitrogens with two attached hydrogens (primary N) is 1. The van der Waals surface area contributed by atoms with Crippen LogP contribution in [0.1, 0.15) is 60.8 Å². The van der Waals surface area contributed by atoms with E-state index in [1.807, 2.05) is 137 Å². The molecule has 4 heterocycles. The Kier molecular flexibility index (Phi) is 14.5. The van der Waals surface area contributed by atoms with E-state index in [2.05, 4.69) is 20.4 Å². The highest BCUT2D eigenvalue weighted by atomic mass is 32.2. The van der Waals surface area contributed by atoms with Crippen molar-refractivity contribution in [3.05, 3.63) is 177 Å². The van der Waals surface area contributed by atoms with E-state index >= 15 is 0 Å². The van der Waals surface area contributed by atoms with Crippen molar-refractivity contribution < 1.29 is 33.5 Å². The number of amides is 2. The molecule has 1 fully saturated rings. The van der Waals surface area contributed by atoms with Gasteiger partial charge < -0.3 is 25.4 Å². The van der Waals surface area contributed by atoms with Crippen LogP contribution in [0.3, 0.4) is 0 Å². The van der Waals surface area contributed by atoms with E-state index in [0.29, 0.717) is 12.0 Å². The quantitative estimate of drug-likeness (QED) is 0.0235. The monoisotopic (exact) mass is 896 g/mol. The highest BCUT2D eigenvalue weighted by Crippen LogP contribution is 2.43. The van der Waals surface area contributed by atoms with Crippen molar-refractivity contribution in [1.29, 1.82) is 0 Å². The van der Waals surface area contributed by atoms with E-state index in [-0.39, 0.29) is 52.7 Å². The van der Waals surface area contributed by atoms with E-state index in [4.69, 9.17) is 20.0 Å². The topological polar surface area (TPSA) is 175 Å². The number of β-lactam (4-membered cyclic amide) rings is 1. The summed E-state index contributed by atoms with van der Waals surface area (Å²) >= 11 is 2.49. The van der Waals surface area contributed by atoms with E-state index in [9.17, 15) is 19.2 Å². The number of ether oxygens (including phenoxy) is 2. The van der Waals surface area contributed by atoms with Crippen molar-refractivity contribution in [2.45, 2.75) is 51.1 Å². The molecule has 1 saturated heterocycles. The lowest BCUT2D eigenvalue weighted by molar-refractivity contribution is -0.152. The van der Waals surface area contributed by atoms with Gasteiger partial charge in [0.2, 0.25) is 5.60 Å². The molecular weight excluding hydrogens is 849 g/mol. The molecule has 15 heteroatoms. The number of thiazole rings is 1. The van der Waals surface area contributed by atoms with Crippen LogP contribution in [0.15, 0.2) is 149 Å². The Hall–Kier alpha value is -6.84. The van der Waals surface area contributed by atoms with Gasteiger partial charge in [-0.05, 0) is 36.5 Å². The van der Waals surface area contributed by atoms with Crippen LogP contribution in [-0.4, -0.2) is 74.7 Å². The van der Waals surface area contributed by atoms with Crippen molar-refractivity contribution in [2.24, 2.45) is 11.1 Å². The predicted octanol–water partition coefficient (Wildman–Crippen LogP) is 7.59. The van der Waals surface area contributed by atoms with Gasteiger partial charge in [0, 0.05) is 39.7 Å². The van der Waals surface area contributed by atoms with Crippen molar-refractivity contribution >= 4 is 63.8 Å². The molecule has 5 aromatic rings. The number of nitrogens with one attached hydrogen (secondary N) is 1. The van der Waals surface area contributed by atoms with Crippen LogP contribution in [0.25, 0.3) is 6.08 Å². The maximum absolute atomic E-state index is 14.5. The molecule has 3 aromatic carbocycles. The molecule has 2 aliphatic heterocycles. The van der Waals surface area contributed by atoms with Gasteiger partial charge in [-0.25, -0.2) is 14.6 Å². The second-order valence-corrected chi connectivity index (χ2v) is 17.3. The SMILES string of the molecule is CC/C=C(\COC(=O)C1=C(/C=C\c2cccnc2C)CS[C@@H]2[C@H](NC(=O)/C(=N/OC(c3ccccc3)(c3ccccc3)c3ccccc3)c3csc(N)n3)C(=O)N12)C(=O)OCC(C)C. The van der Waals surface area contributed by atoms with Crippen LogP contribution in [0.4, 0.5) is 5.13 Å². The molecule has 0 bridgehead atoms. The molecule has 2 atom stereocenters. The number of nitrogen functional groups attached to an aromatic ring is 1. The summed E-state index contributed by atoms with van der Waals surface area (Å²) in [7, 11) is 0. The average Bonchev–Trinajstić information content (AvgIpc) is 3.75. The number of oxime groups is 1. The Morgan fingerprint density at radius 1 is 0.938 bits per heavy atom. The Balaban J connectivity index is 1.20. The minimum Gasteiger partial charge on any atom is -0.462 e. The minimum atomic E-state index is -1.32. The lowest BCUT2D eigenvalue weighted by Crippen LogP contribution is -2.71. The number of carbonyl (C=O) groups is 4. The number of thioether (sulfide) groups is 1. The average molecular weight is 897 g/mol. The number of pyridine rings is 1. The summed E-state index contributed by atoms with van der Waals surface area (Å²) in [5, 5.41) is 8.54. The number of aromatic nitrogens is 2. The van der Waals surface area contributed by atoms with Gasteiger partial charge in [0.05, 0.1) is 12.2 Å². The van der Waals surface area contributed by atoms with Crippen LogP contribution in [0.5, 0.6) is 0 Å².